The summed E-state index contributed by atoms with van der Waals surface area (Å²) in [5.41, 5.74) is 2.20. The number of aromatic nitrogens is 1. The summed E-state index contributed by atoms with van der Waals surface area (Å²) in [6, 6.07) is 3.99. The van der Waals surface area contributed by atoms with Crippen molar-refractivity contribution >= 4 is 0 Å². The van der Waals surface area contributed by atoms with Crippen LogP contribution in [0.4, 0.5) is 0 Å². The average molecular weight is 223 g/mol. The fourth-order valence-electron chi connectivity index (χ4n) is 2.34. The Morgan fingerprint density at radius 2 is 2.19 bits per heavy atom. The molecule has 4 nitrogen and oxygen atoms in total. The third kappa shape index (κ3) is 1.96. The molecule has 88 valence electrons. The van der Waals surface area contributed by atoms with E-state index in [1.54, 1.807) is 6.20 Å². The monoisotopic (exact) mass is 223 g/mol. The van der Waals surface area contributed by atoms with Crippen LogP contribution in [0.15, 0.2) is 18.3 Å². The zero-order valence-corrected chi connectivity index (χ0v) is 9.59. The molecule has 2 atom stereocenters. The van der Waals surface area contributed by atoms with E-state index in [0.29, 0.717) is 0 Å². The van der Waals surface area contributed by atoms with Crippen molar-refractivity contribution < 1.29 is 14.6 Å². The van der Waals surface area contributed by atoms with Crippen LogP contribution in [0.1, 0.15) is 23.6 Å². The van der Waals surface area contributed by atoms with Gasteiger partial charge in [0.2, 0.25) is 0 Å². The molecule has 1 heterocycles. The van der Waals surface area contributed by atoms with Crippen LogP contribution in [-0.4, -0.2) is 36.7 Å². The first-order chi connectivity index (χ1) is 7.77. The van der Waals surface area contributed by atoms with Gasteiger partial charge in [-0.2, -0.15) is 0 Å². The van der Waals surface area contributed by atoms with E-state index in [2.05, 4.69) is 11.1 Å². The molecule has 1 aromatic rings. The fraction of sp³-hybridized carbons (Fsp3) is 0.583. The van der Waals surface area contributed by atoms with Gasteiger partial charge >= 0.3 is 0 Å². The molecule has 1 aromatic heterocycles. The Bertz CT molecular complexity index is 352. The predicted octanol–water partition coefficient (Wildman–Crippen LogP) is 1.09. The minimum Gasteiger partial charge on any atom is -0.387 e. The molecular formula is C12H17NO3. The van der Waals surface area contributed by atoms with Crippen LogP contribution in [0.25, 0.3) is 0 Å². The lowest BCUT2D eigenvalue weighted by atomic mass is 9.99. The summed E-state index contributed by atoms with van der Waals surface area (Å²) in [4.78, 5) is 4.34. The van der Waals surface area contributed by atoms with Gasteiger partial charge in [-0.05, 0) is 24.5 Å². The molecule has 1 aliphatic rings. The zero-order chi connectivity index (χ0) is 11.5. The Morgan fingerprint density at radius 3 is 2.88 bits per heavy atom. The first-order valence-electron chi connectivity index (χ1n) is 5.45. The van der Waals surface area contributed by atoms with Crippen molar-refractivity contribution in [1.82, 2.24) is 4.98 Å². The van der Waals surface area contributed by atoms with Crippen molar-refractivity contribution in [2.24, 2.45) is 0 Å². The Balaban J connectivity index is 2.18. The number of aliphatic hydroxyl groups is 1. The highest BCUT2D eigenvalue weighted by Gasteiger charge is 2.34. The number of aryl methyl sites for hydroxylation is 1. The third-order valence-electron chi connectivity index (χ3n) is 3.16. The van der Waals surface area contributed by atoms with E-state index in [-0.39, 0.29) is 5.92 Å². The summed E-state index contributed by atoms with van der Waals surface area (Å²) in [5.74, 6) is 0.0149. The van der Waals surface area contributed by atoms with E-state index >= 15 is 0 Å². The normalized spacial score (nSPS) is 21.1. The highest BCUT2D eigenvalue weighted by molar-refractivity contribution is 5.29. The van der Waals surface area contributed by atoms with Gasteiger partial charge in [-0.25, -0.2) is 0 Å². The van der Waals surface area contributed by atoms with Crippen LogP contribution >= 0.6 is 0 Å². The van der Waals surface area contributed by atoms with Gasteiger partial charge in [0.05, 0.1) is 0 Å². The maximum absolute atomic E-state index is 10.2. The molecule has 0 fully saturated rings. The summed E-state index contributed by atoms with van der Waals surface area (Å²) < 4.78 is 10.2. The Labute approximate surface area is 95.2 Å². The van der Waals surface area contributed by atoms with E-state index in [1.807, 2.05) is 6.07 Å². The number of pyridine rings is 1. The average Bonchev–Trinajstić information content (AvgIpc) is 2.74. The number of fused-ring (bicyclic) bond motifs is 1. The van der Waals surface area contributed by atoms with Gasteiger partial charge in [0.15, 0.2) is 6.29 Å². The topological polar surface area (TPSA) is 51.6 Å². The predicted molar refractivity (Wildman–Crippen MR) is 59.1 cm³/mol. The maximum Gasteiger partial charge on any atom is 0.183 e. The number of hydrogen-bond donors (Lipinski definition) is 1. The van der Waals surface area contributed by atoms with Crippen molar-refractivity contribution in [1.29, 1.82) is 0 Å². The van der Waals surface area contributed by atoms with Crippen LogP contribution in [0.3, 0.4) is 0 Å². The number of rotatable bonds is 4. The minimum atomic E-state index is -0.661. The van der Waals surface area contributed by atoms with Crippen LogP contribution in [-0.2, 0) is 15.9 Å². The Hall–Kier alpha value is -0.970. The quantitative estimate of drug-likeness (QED) is 0.776. The Kier molecular flexibility index (Phi) is 3.53. The summed E-state index contributed by atoms with van der Waals surface area (Å²) in [6.07, 6.45) is 2.38. The molecule has 0 aliphatic heterocycles. The zero-order valence-electron chi connectivity index (χ0n) is 9.59. The smallest absolute Gasteiger partial charge is 0.183 e. The van der Waals surface area contributed by atoms with E-state index in [4.69, 9.17) is 9.47 Å². The SMILES string of the molecule is COC(OC)C(O)C1CCc2cccnc21. The molecule has 1 N–H and O–H groups in total. The van der Waals surface area contributed by atoms with E-state index in [9.17, 15) is 5.11 Å². The van der Waals surface area contributed by atoms with E-state index in [1.165, 1.54) is 19.8 Å². The maximum atomic E-state index is 10.2. The summed E-state index contributed by atoms with van der Waals surface area (Å²) in [6.45, 7) is 0. The fourth-order valence-corrected chi connectivity index (χ4v) is 2.34. The minimum absolute atomic E-state index is 0.0149. The largest absolute Gasteiger partial charge is 0.387 e. The highest BCUT2D eigenvalue weighted by Crippen LogP contribution is 2.35. The second-order valence-electron chi connectivity index (χ2n) is 4.02. The molecule has 0 bridgehead atoms. The van der Waals surface area contributed by atoms with Crippen molar-refractivity contribution in [2.75, 3.05) is 14.2 Å². The standard InChI is InChI=1S/C12H17NO3/c1-15-12(16-2)11(14)9-6-5-8-4-3-7-13-10(8)9/h3-4,7,9,11-12,14H,5-6H2,1-2H3. The van der Waals surface area contributed by atoms with Crippen molar-refractivity contribution in [3.63, 3.8) is 0 Å². The molecule has 0 spiro atoms. The van der Waals surface area contributed by atoms with Crippen LogP contribution in [0, 0.1) is 0 Å². The van der Waals surface area contributed by atoms with Gasteiger partial charge in [0, 0.05) is 32.0 Å². The van der Waals surface area contributed by atoms with Gasteiger partial charge < -0.3 is 14.6 Å². The lowest BCUT2D eigenvalue weighted by molar-refractivity contribution is -0.170. The lowest BCUT2D eigenvalue weighted by Gasteiger charge is -2.25. The second-order valence-corrected chi connectivity index (χ2v) is 4.02. The molecule has 0 aromatic carbocycles. The lowest BCUT2D eigenvalue weighted by Crippen LogP contribution is -2.34. The summed E-state index contributed by atoms with van der Waals surface area (Å²) >= 11 is 0. The number of methoxy groups -OCH3 is 2. The van der Waals surface area contributed by atoms with Gasteiger partial charge in [-0.15, -0.1) is 0 Å². The molecule has 2 rings (SSSR count). The molecule has 16 heavy (non-hydrogen) atoms. The van der Waals surface area contributed by atoms with Gasteiger partial charge in [0.25, 0.3) is 0 Å². The summed E-state index contributed by atoms with van der Waals surface area (Å²) in [5, 5.41) is 10.2. The van der Waals surface area contributed by atoms with Crippen LogP contribution in [0.2, 0.25) is 0 Å². The van der Waals surface area contributed by atoms with Gasteiger partial charge in [-0.1, -0.05) is 6.07 Å². The Morgan fingerprint density at radius 1 is 1.44 bits per heavy atom. The van der Waals surface area contributed by atoms with Gasteiger partial charge in [-0.3, -0.25) is 4.98 Å². The van der Waals surface area contributed by atoms with Crippen molar-refractivity contribution in [2.45, 2.75) is 31.2 Å². The first-order valence-corrected chi connectivity index (χ1v) is 5.45. The summed E-state index contributed by atoms with van der Waals surface area (Å²) in [7, 11) is 3.07. The molecule has 0 saturated heterocycles. The number of hydrogen-bond acceptors (Lipinski definition) is 4. The van der Waals surface area contributed by atoms with Gasteiger partial charge in [0.1, 0.15) is 6.10 Å². The number of aliphatic hydroxyl groups excluding tert-OH is 1. The molecular weight excluding hydrogens is 206 g/mol. The first kappa shape index (κ1) is 11.5. The van der Waals surface area contributed by atoms with E-state index < -0.39 is 12.4 Å². The molecule has 4 heteroatoms. The number of ether oxygens (including phenoxy) is 2. The molecule has 2 unspecified atom stereocenters. The molecule has 0 radical (unpaired) electrons. The van der Waals surface area contributed by atoms with Crippen LogP contribution < -0.4 is 0 Å². The van der Waals surface area contributed by atoms with Crippen molar-refractivity contribution in [3.8, 4) is 0 Å². The molecule has 0 amide bonds. The second kappa shape index (κ2) is 4.91. The molecule has 0 saturated carbocycles. The van der Waals surface area contributed by atoms with Crippen LogP contribution in [0.5, 0.6) is 0 Å². The highest BCUT2D eigenvalue weighted by atomic mass is 16.7. The third-order valence-corrected chi connectivity index (χ3v) is 3.16. The number of nitrogens with zero attached hydrogens (tertiary/aromatic N) is 1. The van der Waals surface area contributed by atoms with E-state index in [0.717, 1.165) is 18.5 Å². The molecule has 1 aliphatic carbocycles. The van der Waals surface area contributed by atoms with Crippen molar-refractivity contribution in [3.05, 3.63) is 29.6 Å².